The van der Waals surface area contributed by atoms with Crippen LogP contribution in [-0.2, 0) is 10.0 Å². The maximum absolute atomic E-state index is 11.9. The molecule has 0 saturated carbocycles. The smallest absolute Gasteiger partial charge is 0.243 e. The van der Waals surface area contributed by atoms with Gasteiger partial charge in [-0.25, -0.2) is 13.1 Å². The molecular weight excluding hydrogens is 309 g/mol. The first kappa shape index (κ1) is 15.0. The van der Waals surface area contributed by atoms with Gasteiger partial charge >= 0.3 is 0 Å². The summed E-state index contributed by atoms with van der Waals surface area (Å²) in [5, 5.41) is 9.14. The molecule has 0 aliphatic rings. The summed E-state index contributed by atoms with van der Waals surface area (Å²) in [5.41, 5.74) is 0. The molecule has 0 spiro atoms. The Morgan fingerprint density at radius 3 is 2.18 bits per heavy atom. The van der Waals surface area contributed by atoms with Crippen LogP contribution in [0.1, 0.15) is 6.92 Å². The Kier molecular flexibility index (Phi) is 5.07. The first-order chi connectivity index (χ1) is 7.74. The van der Waals surface area contributed by atoms with Crippen LogP contribution < -0.4 is 4.72 Å². The molecule has 1 atom stereocenters. The number of nitrogens with one attached hydrogen (secondary N) is 1. The number of rotatable bonds is 4. The predicted octanol–water partition coefficient (Wildman–Crippen LogP) is 2.31. The summed E-state index contributed by atoms with van der Waals surface area (Å²) < 4.78 is 25.9. The first-order valence-electron chi connectivity index (χ1n) is 4.56. The van der Waals surface area contributed by atoms with E-state index in [1.54, 1.807) is 0 Å². The normalized spacial score (nSPS) is 13.7. The van der Waals surface area contributed by atoms with Gasteiger partial charge in [0, 0.05) is 11.6 Å². The quantitative estimate of drug-likeness (QED) is 0.895. The Balaban J connectivity index is 3.16. The maximum atomic E-state index is 11.9. The van der Waals surface area contributed by atoms with E-state index in [9.17, 15) is 8.42 Å². The lowest BCUT2D eigenvalue weighted by Gasteiger charge is -2.11. The molecule has 0 aliphatic carbocycles. The van der Waals surface area contributed by atoms with Gasteiger partial charge in [-0.05, 0) is 19.1 Å². The monoisotopic (exact) mass is 317 g/mol. The molecule has 0 aliphatic heterocycles. The Morgan fingerprint density at radius 2 is 1.76 bits per heavy atom. The molecule has 1 unspecified atom stereocenters. The Hall–Kier alpha value is -0.0400. The van der Waals surface area contributed by atoms with Crippen molar-refractivity contribution in [2.75, 3.05) is 6.54 Å². The van der Waals surface area contributed by atoms with Crippen molar-refractivity contribution >= 4 is 44.8 Å². The van der Waals surface area contributed by atoms with Crippen LogP contribution in [0.15, 0.2) is 17.0 Å². The van der Waals surface area contributed by atoms with E-state index in [0.29, 0.717) is 0 Å². The minimum Gasteiger partial charge on any atom is -0.392 e. The molecule has 1 aromatic carbocycles. The van der Waals surface area contributed by atoms with Gasteiger partial charge in [-0.15, -0.1) is 0 Å². The van der Waals surface area contributed by atoms with Gasteiger partial charge in [0.2, 0.25) is 10.0 Å². The van der Waals surface area contributed by atoms with Gasteiger partial charge in [-0.2, -0.15) is 0 Å². The Labute approximate surface area is 115 Å². The fourth-order valence-corrected chi connectivity index (χ4v) is 3.75. The summed E-state index contributed by atoms with van der Waals surface area (Å²) in [5.74, 6) is 0. The zero-order valence-corrected chi connectivity index (χ0v) is 11.8. The van der Waals surface area contributed by atoms with E-state index >= 15 is 0 Å². The number of aliphatic hydroxyl groups excluding tert-OH is 1. The van der Waals surface area contributed by atoms with E-state index in [4.69, 9.17) is 39.9 Å². The summed E-state index contributed by atoms with van der Waals surface area (Å²) in [7, 11) is -3.87. The fourth-order valence-electron chi connectivity index (χ4n) is 1.09. The molecule has 0 amide bonds. The number of hydrogen-bond donors (Lipinski definition) is 2. The third-order valence-corrected chi connectivity index (χ3v) is 4.36. The molecule has 8 heteroatoms. The molecule has 1 aromatic rings. The van der Waals surface area contributed by atoms with E-state index < -0.39 is 16.1 Å². The third-order valence-electron chi connectivity index (χ3n) is 1.80. The molecule has 0 bridgehead atoms. The SMILES string of the molecule is CC(O)CNS(=O)(=O)c1c(Cl)cc(Cl)cc1Cl. The summed E-state index contributed by atoms with van der Waals surface area (Å²) in [6.45, 7) is 1.32. The van der Waals surface area contributed by atoms with E-state index in [1.165, 1.54) is 19.1 Å². The average molecular weight is 319 g/mol. The summed E-state index contributed by atoms with van der Waals surface area (Å²) >= 11 is 17.2. The summed E-state index contributed by atoms with van der Waals surface area (Å²) in [4.78, 5) is -0.245. The number of halogens is 3. The minimum atomic E-state index is -3.87. The molecule has 4 nitrogen and oxygen atoms in total. The predicted molar refractivity (Wildman–Crippen MR) is 68.3 cm³/mol. The van der Waals surface area contributed by atoms with Crippen LogP contribution in [0.4, 0.5) is 0 Å². The lowest BCUT2D eigenvalue weighted by atomic mass is 10.4. The number of hydrogen-bond acceptors (Lipinski definition) is 3. The topological polar surface area (TPSA) is 66.4 Å². The Morgan fingerprint density at radius 1 is 1.29 bits per heavy atom. The van der Waals surface area contributed by atoms with Crippen LogP contribution in [0.25, 0.3) is 0 Å². The van der Waals surface area contributed by atoms with Crippen LogP contribution in [0.3, 0.4) is 0 Å². The van der Waals surface area contributed by atoms with Crippen molar-refractivity contribution in [2.45, 2.75) is 17.9 Å². The maximum Gasteiger partial charge on any atom is 0.243 e. The third kappa shape index (κ3) is 3.98. The van der Waals surface area contributed by atoms with Gasteiger partial charge in [0.1, 0.15) is 4.90 Å². The first-order valence-corrected chi connectivity index (χ1v) is 7.18. The summed E-state index contributed by atoms with van der Waals surface area (Å²) in [6.07, 6.45) is -0.811. The molecule has 0 fully saturated rings. The van der Waals surface area contributed by atoms with Crippen molar-refractivity contribution in [1.29, 1.82) is 0 Å². The van der Waals surface area contributed by atoms with Crippen molar-refractivity contribution in [1.82, 2.24) is 4.72 Å². The molecule has 1 rings (SSSR count). The number of benzene rings is 1. The van der Waals surface area contributed by atoms with Crippen LogP contribution in [-0.4, -0.2) is 26.2 Å². The lowest BCUT2D eigenvalue weighted by Crippen LogP contribution is -2.31. The van der Waals surface area contributed by atoms with E-state index in [0.717, 1.165) is 0 Å². The van der Waals surface area contributed by atoms with E-state index in [1.807, 2.05) is 0 Å². The standard InChI is InChI=1S/C9H10Cl3NO3S/c1-5(14)4-13-17(15,16)9-7(11)2-6(10)3-8(9)12/h2-3,5,13-14H,4H2,1H3. The van der Waals surface area contributed by atoms with Crippen LogP contribution in [0.5, 0.6) is 0 Å². The van der Waals surface area contributed by atoms with E-state index in [-0.39, 0.29) is 26.5 Å². The average Bonchev–Trinajstić information content (AvgIpc) is 2.12. The van der Waals surface area contributed by atoms with Gasteiger partial charge in [0.15, 0.2) is 0 Å². The van der Waals surface area contributed by atoms with Crippen molar-refractivity contribution in [3.63, 3.8) is 0 Å². The highest BCUT2D eigenvalue weighted by atomic mass is 35.5. The minimum absolute atomic E-state index is 0.0689. The second-order valence-electron chi connectivity index (χ2n) is 3.40. The van der Waals surface area contributed by atoms with Gasteiger partial charge in [-0.1, -0.05) is 34.8 Å². The van der Waals surface area contributed by atoms with Crippen molar-refractivity contribution in [3.05, 3.63) is 27.2 Å². The second-order valence-corrected chi connectivity index (χ2v) is 6.35. The van der Waals surface area contributed by atoms with Crippen molar-refractivity contribution < 1.29 is 13.5 Å². The Bertz CT molecular complexity index is 493. The zero-order valence-electron chi connectivity index (χ0n) is 8.75. The highest BCUT2D eigenvalue weighted by Gasteiger charge is 2.22. The molecule has 96 valence electrons. The van der Waals surface area contributed by atoms with Crippen LogP contribution >= 0.6 is 34.8 Å². The fraction of sp³-hybridized carbons (Fsp3) is 0.333. The molecule has 0 heterocycles. The van der Waals surface area contributed by atoms with Crippen molar-refractivity contribution in [2.24, 2.45) is 0 Å². The number of aliphatic hydroxyl groups is 1. The van der Waals surface area contributed by atoms with Gasteiger partial charge in [-0.3, -0.25) is 0 Å². The highest BCUT2D eigenvalue weighted by Crippen LogP contribution is 2.32. The highest BCUT2D eigenvalue weighted by molar-refractivity contribution is 7.89. The van der Waals surface area contributed by atoms with Gasteiger partial charge in [0.05, 0.1) is 16.1 Å². The molecule has 17 heavy (non-hydrogen) atoms. The lowest BCUT2D eigenvalue weighted by molar-refractivity contribution is 0.198. The largest absolute Gasteiger partial charge is 0.392 e. The van der Waals surface area contributed by atoms with Crippen LogP contribution in [0, 0.1) is 0 Å². The molecule has 2 N–H and O–H groups in total. The molecule has 0 aromatic heterocycles. The zero-order chi connectivity index (χ0) is 13.2. The van der Waals surface area contributed by atoms with Crippen molar-refractivity contribution in [3.8, 4) is 0 Å². The van der Waals surface area contributed by atoms with Gasteiger partial charge < -0.3 is 5.11 Å². The number of sulfonamides is 1. The van der Waals surface area contributed by atoms with Gasteiger partial charge in [0.25, 0.3) is 0 Å². The van der Waals surface area contributed by atoms with Crippen LogP contribution in [0.2, 0.25) is 15.1 Å². The van der Waals surface area contributed by atoms with E-state index in [2.05, 4.69) is 4.72 Å². The molecule has 0 radical (unpaired) electrons. The second kappa shape index (κ2) is 5.73. The molecular formula is C9H10Cl3NO3S. The summed E-state index contributed by atoms with van der Waals surface area (Å²) in [6, 6.07) is 2.57. The molecule has 0 saturated heterocycles.